The maximum absolute atomic E-state index is 3.45. The third-order valence-corrected chi connectivity index (χ3v) is 2.26. The van der Waals surface area contributed by atoms with Crippen LogP contribution in [0.3, 0.4) is 0 Å². The van der Waals surface area contributed by atoms with Crippen LogP contribution in [0.1, 0.15) is 54.4 Å². The molecule has 2 heteroatoms. The number of hydrogen-bond donors (Lipinski definition) is 1. The van der Waals surface area contributed by atoms with Crippen LogP contribution in [-0.4, -0.2) is 37.1 Å². The lowest BCUT2D eigenvalue weighted by molar-refractivity contribution is 0.280. The van der Waals surface area contributed by atoms with E-state index in [9.17, 15) is 0 Å². The molecule has 1 N–H and O–H groups in total. The molecule has 0 aliphatic heterocycles. The van der Waals surface area contributed by atoms with E-state index < -0.39 is 0 Å². The minimum atomic E-state index is 0.616. The Kier molecular flexibility index (Phi) is 16.1. The lowest BCUT2D eigenvalue weighted by Crippen LogP contribution is -2.35. The molecule has 0 fully saturated rings. The van der Waals surface area contributed by atoms with Crippen LogP contribution in [0, 0.1) is 0 Å². The van der Waals surface area contributed by atoms with Gasteiger partial charge in [-0.15, -0.1) is 0 Å². The van der Waals surface area contributed by atoms with Gasteiger partial charge in [0.15, 0.2) is 0 Å². The summed E-state index contributed by atoms with van der Waals surface area (Å²) in [5, 5.41) is 3.45. The summed E-state index contributed by atoms with van der Waals surface area (Å²) >= 11 is 0. The molecule has 0 unspecified atom stereocenters. The predicted octanol–water partition coefficient (Wildman–Crippen LogP) is 3.13. The molecule has 0 aromatic rings. The number of nitrogens with zero attached hydrogens (tertiary/aromatic N) is 1. The van der Waals surface area contributed by atoms with E-state index in [-0.39, 0.29) is 0 Å². The molecule has 0 aromatic heterocycles. The molecule has 0 aromatic carbocycles. The summed E-state index contributed by atoms with van der Waals surface area (Å²) in [6, 6.07) is 0.616. The number of rotatable bonds is 8. The van der Waals surface area contributed by atoms with Gasteiger partial charge in [-0.2, -0.15) is 0 Å². The Labute approximate surface area is 97.4 Å². The maximum atomic E-state index is 3.45. The molecule has 0 aliphatic rings. The number of likely N-dealkylation sites (N-methyl/N-ethyl adjacent to an activating group) is 1. The van der Waals surface area contributed by atoms with Crippen LogP contribution in [0.4, 0.5) is 0 Å². The molecule has 0 amide bonds. The first kappa shape index (κ1) is 17.3. The molecule has 0 saturated carbocycles. The fraction of sp³-hybridized carbons (Fsp3) is 1.00. The molecule has 0 radical (unpaired) electrons. The van der Waals surface area contributed by atoms with Crippen LogP contribution >= 0.6 is 0 Å². The summed E-state index contributed by atoms with van der Waals surface area (Å²) < 4.78 is 0. The van der Waals surface area contributed by atoms with Crippen molar-refractivity contribution in [1.29, 1.82) is 0 Å². The van der Waals surface area contributed by atoms with Crippen molar-refractivity contribution >= 4 is 0 Å². The zero-order valence-electron chi connectivity index (χ0n) is 11.8. The van der Waals surface area contributed by atoms with Gasteiger partial charge >= 0.3 is 0 Å². The number of hydrogen-bond acceptors (Lipinski definition) is 2. The molecule has 94 valence electrons. The Morgan fingerprint density at radius 2 is 1.67 bits per heavy atom. The van der Waals surface area contributed by atoms with E-state index in [1.165, 1.54) is 32.5 Å². The molecule has 0 aliphatic carbocycles. The average molecular weight is 216 g/mol. The summed E-state index contributed by atoms with van der Waals surface area (Å²) in [6.45, 7) is 17.6. The van der Waals surface area contributed by atoms with Crippen LogP contribution in [0.5, 0.6) is 0 Å². The zero-order chi connectivity index (χ0) is 12.1. The van der Waals surface area contributed by atoms with Gasteiger partial charge in [-0.05, 0) is 19.5 Å². The quantitative estimate of drug-likeness (QED) is 0.670. The van der Waals surface area contributed by atoms with Crippen molar-refractivity contribution in [2.75, 3.05) is 26.2 Å². The van der Waals surface area contributed by atoms with Crippen LogP contribution in [0.15, 0.2) is 0 Å². The van der Waals surface area contributed by atoms with Gasteiger partial charge in [0.25, 0.3) is 0 Å². The van der Waals surface area contributed by atoms with Crippen LogP contribution in [0.25, 0.3) is 0 Å². The van der Waals surface area contributed by atoms with Crippen molar-refractivity contribution in [2.24, 2.45) is 0 Å². The Morgan fingerprint density at radius 1 is 1.07 bits per heavy atom. The fourth-order valence-corrected chi connectivity index (χ4v) is 1.32. The first-order valence-electron chi connectivity index (χ1n) is 6.66. The minimum Gasteiger partial charge on any atom is -0.313 e. The maximum Gasteiger partial charge on any atom is 0.0107 e. The number of nitrogens with one attached hydrogen (secondary N) is 1. The van der Waals surface area contributed by atoms with Crippen LogP contribution in [0.2, 0.25) is 0 Å². The first-order chi connectivity index (χ1) is 7.20. The standard InChI is InChI=1S/C11H26N2.C2H6/c1-5-7-9-13(6-2)10-8-12-11(3)4;1-2/h11-12H,5-10H2,1-4H3;1-2H3. The van der Waals surface area contributed by atoms with Crippen molar-refractivity contribution in [3.63, 3.8) is 0 Å². The summed E-state index contributed by atoms with van der Waals surface area (Å²) in [6.07, 6.45) is 2.63. The van der Waals surface area contributed by atoms with Crippen molar-refractivity contribution < 1.29 is 0 Å². The van der Waals surface area contributed by atoms with Gasteiger partial charge < -0.3 is 10.2 Å². The van der Waals surface area contributed by atoms with Gasteiger partial charge in [0.1, 0.15) is 0 Å². The first-order valence-corrected chi connectivity index (χ1v) is 6.66. The second kappa shape index (κ2) is 13.9. The normalized spacial score (nSPS) is 10.4. The summed E-state index contributed by atoms with van der Waals surface area (Å²) in [7, 11) is 0. The van der Waals surface area contributed by atoms with Gasteiger partial charge in [-0.1, -0.05) is 48.0 Å². The molecule has 2 nitrogen and oxygen atoms in total. The molecule has 0 bridgehead atoms. The molecule has 0 saturated heterocycles. The summed E-state index contributed by atoms with van der Waals surface area (Å²) in [4.78, 5) is 2.51. The highest BCUT2D eigenvalue weighted by Crippen LogP contribution is 1.93. The second-order valence-electron chi connectivity index (χ2n) is 3.90. The van der Waals surface area contributed by atoms with Crippen molar-refractivity contribution in [1.82, 2.24) is 10.2 Å². The van der Waals surface area contributed by atoms with E-state index in [0.717, 1.165) is 6.54 Å². The van der Waals surface area contributed by atoms with Crippen LogP contribution in [-0.2, 0) is 0 Å². The summed E-state index contributed by atoms with van der Waals surface area (Å²) in [5.41, 5.74) is 0. The van der Waals surface area contributed by atoms with Gasteiger partial charge in [0.05, 0.1) is 0 Å². The highest BCUT2D eigenvalue weighted by Gasteiger charge is 2.00. The number of unbranched alkanes of at least 4 members (excludes halogenated alkanes) is 1. The zero-order valence-corrected chi connectivity index (χ0v) is 11.8. The van der Waals surface area contributed by atoms with Crippen molar-refractivity contribution in [2.45, 2.75) is 60.4 Å². The van der Waals surface area contributed by atoms with Gasteiger partial charge in [0, 0.05) is 19.1 Å². The monoisotopic (exact) mass is 216 g/mol. The molecular formula is C13H32N2. The minimum absolute atomic E-state index is 0.616. The molecule has 0 rings (SSSR count). The van der Waals surface area contributed by atoms with Crippen molar-refractivity contribution in [3.8, 4) is 0 Å². The summed E-state index contributed by atoms with van der Waals surface area (Å²) in [5.74, 6) is 0. The van der Waals surface area contributed by atoms with Crippen molar-refractivity contribution in [3.05, 3.63) is 0 Å². The second-order valence-corrected chi connectivity index (χ2v) is 3.90. The topological polar surface area (TPSA) is 15.3 Å². The molecule has 0 atom stereocenters. The van der Waals surface area contributed by atoms with E-state index in [2.05, 4.69) is 37.9 Å². The van der Waals surface area contributed by atoms with Crippen LogP contribution < -0.4 is 5.32 Å². The lowest BCUT2D eigenvalue weighted by atomic mass is 10.3. The van der Waals surface area contributed by atoms with Gasteiger partial charge in [0.2, 0.25) is 0 Å². The Balaban J connectivity index is 0. The largest absolute Gasteiger partial charge is 0.313 e. The van der Waals surface area contributed by atoms with E-state index in [1.807, 2.05) is 13.8 Å². The molecule has 15 heavy (non-hydrogen) atoms. The molecule has 0 heterocycles. The smallest absolute Gasteiger partial charge is 0.0107 e. The third-order valence-electron chi connectivity index (χ3n) is 2.26. The Bertz CT molecular complexity index is 103. The van der Waals surface area contributed by atoms with Gasteiger partial charge in [-0.3, -0.25) is 0 Å². The average Bonchev–Trinajstić information content (AvgIpc) is 2.25. The SMILES string of the molecule is CC.CCCCN(CC)CCNC(C)C. The van der Waals surface area contributed by atoms with E-state index in [4.69, 9.17) is 0 Å². The van der Waals surface area contributed by atoms with E-state index in [1.54, 1.807) is 0 Å². The Hall–Kier alpha value is -0.0800. The molecular weight excluding hydrogens is 184 g/mol. The van der Waals surface area contributed by atoms with E-state index in [0.29, 0.717) is 6.04 Å². The predicted molar refractivity (Wildman–Crippen MR) is 71.5 cm³/mol. The fourth-order valence-electron chi connectivity index (χ4n) is 1.32. The highest BCUT2D eigenvalue weighted by molar-refractivity contribution is 4.59. The van der Waals surface area contributed by atoms with Gasteiger partial charge in [-0.25, -0.2) is 0 Å². The lowest BCUT2D eigenvalue weighted by Gasteiger charge is -2.20. The molecule has 0 spiro atoms. The third kappa shape index (κ3) is 13.9. The highest BCUT2D eigenvalue weighted by atomic mass is 15.1. The Morgan fingerprint density at radius 3 is 2.07 bits per heavy atom. The van der Waals surface area contributed by atoms with E-state index >= 15 is 0 Å².